The van der Waals surface area contributed by atoms with Gasteiger partial charge in [-0.15, -0.1) is 0 Å². The first kappa shape index (κ1) is 18.4. The molecule has 10 unspecified atom stereocenters. The number of aliphatic hydroxyl groups is 2. The van der Waals surface area contributed by atoms with Crippen LogP contribution in [0.5, 0.6) is 0 Å². The van der Waals surface area contributed by atoms with E-state index in [1.54, 1.807) is 7.11 Å². The molecule has 2 N–H and O–H groups in total. The van der Waals surface area contributed by atoms with Gasteiger partial charge in [0.2, 0.25) is 0 Å². The number of methoxy groups -OCH3 is 1. The van der Waals surface area contributed by atoms with Crippen LogP contribution in [-0.4, -0.2) is 53.5 Å². The summed E-state index contributed by atoms with van der Waals surface area (Å²) in [6.45, 7) is 6.00. The highest BCUT2D eigenvalue weighted by atomic mass is 16.5. The molecular weight excluding hydrogens is 336 g/mol. The summed E-state index contributed by atoms with van der Waals surface area (Å²) in [4.78, 5) is 25.5. The fourth-order valence-corrected chi connectivity index (χ4v) is 7.29. The Kier molecular flexibility index (Phi) is 4.07. The molecule has 1 aliphatic heterocycles. The highest BCUT2D eigenvalue weighted by Gasteiger charge is 2.72. The first-order valence-electron chi connectivity index (χ1n) is 9.80. The van der Waals surface area contributed by atoms with Gasteiger partial charge in [-0.25, -0.2) is 0 Å². The van der Waals surface area contributed by atoms with Crippen molar-refractivity contribution in [2.75, 3.05) is 7.11 Å². The number of esters is 1. The van der Waals surface area contributed by atoms with Crippen LogP contribution in [0.2, 0.25) is 0 Å². The quantitative estimate of drug-likeness (QED) is 0.680. The number of carbonyl (C=O) groups excluding carboxylic acids is 2. The predicted octanol–water partition coefficient (Wildman–Crippen LogP) is 1.32. The van der Waals surface area contributed by atoms with Gasteiger partial charge < -0.3 is 19.7 Å². The van der Waals surface area contributed by atoms with Crippen molar-refractivity contribution in [3.8, 4) is 0 Å². The summed E-state index contributed by atoms with van der Waals surface area (Å²) in [5, 5.41) is 21.6. The standard InChI is InChI=1S/C20H30O6/c1-9-11-8-14(22)26-13-7-10-5-6-12(21)18(24)19(10,2)17(20(11,13)3)15(23)16(9)25-4/h9-13,15-17,21,23H,5-8H2,1-4H3. The van der Waals surface area contributed by atoms with Crippen molar-refractivity contribution in [2.45, 2.75) is 70.9 Å². The monoisotopic (exact) mass is 366 g/mol. The number of Topliss-reactive ketones (excluding diaryl/α,β-unsaturated/α-hetero) is 1. The van der Waals surface area contributed by atoms with E-state index in [2.05, 4.69) is 6.92 Å². The van der Waals surface area contributed by atoms with E-state index >= 15 is 0 Å². The van der Waals surface area contributed by atoms with Crippen molar-refractivity contribution in [3.63, 3.8) is 0 Å². The number of hydrogen-bond acceptors (Lipinski definition) is 6. The molecule has 26 heavy (non-hydrogen) atoms. The van der Waals surface area contributed by atoms with Crippen LogP contribution in [0.3, 0.4) is 0 Å². The van der Waals surface area contributed by atoms with E-state index in [0.29, 0.717) is 19.3 Å². The summed E-state index contributed by atoms with van der Waals surface area (Å²) in [6, 6.07) is 0. The summed E-state index contributed by atoms with van der Waals surface area (Å²) in [5.41, 5.74) is -1.33. The first-order chi connectivity index (χ1) is 12.2. The molecule has 0 amide bonds. The highest BCUT2D eigenvalue weighted by molar-refractivity contribution is 5.90. The average Bonchev–Trinajstić information content (AvgIpc) is 2.57. The molecule has 0 aromatic carbocycles. The fraction of sp³-hybridized carbons (Fsp3) is 0.900. The molecule has 4 rings (SSSR count). The molecule has 3 saturated carbocycles. The molecule has 0 aromatic rings. The molecule has 6 nitrogen and oxygen atoms in total. The van der Waals surface area contributed by atoms with Gasteiger partial charge in [0.1, 0.15) is 12.2 Å². The number of rotatable bonds is 1. The second-order valence-electron chi connectivity index (χ2n) is 9.36. The van der Waals surface area contributed by atoms with Crippen LogP contribution in [0.25, 0.3) is 0 Å². The fourth-order valence-electron chi connectivity index (χ4n) is 7.29. The van der Waals surface area contributed by atoms with Crippen LogP contribution >= 0.6 is 0 Å². The Morgan fingerprint density at radius 1 is 1.19 bits per heavy atom. The minimum absolute atomic E-state index is 0.00594. The lowest BCUT2D eigenvalue weighted by Crippen LogP contribution is -2.74. The molecule has 0 aromatic heterocycles. The van der Waals surface area contributed by atoms with Crippen molar-refractivity contribution < 1.29 is 29.3 Å². The molecule has 4 aliphatic rings. The van der Waals surface area contributed by atoms with Gasteiger partial charge in [-0.3, -0.25) is 9.59 Å². The lowest BCUT2D eigenvalue weighted by molar-refractivity contribution is -0.281. The maximum Gasteiger partial charge on any atom is 0.306 e. The SMILES string of the molecule is COC1C(C)C2CC(=O)OC3CC4CCC(O)C(=O)C4(C)C(C1O)C32C. The van der Waals surface area contributed by atoms with Crippen molar-refractivity contribution in [2.24, 2.45) is 34.5 Å². The number of fused-ring (bicyclic) bond motifs is 2. The number of hydrogen-bond donors (Lipinski definition) is 2. The summed E-state index contributed by atoms with van der Waals surface area (Å²) >= 11 is 0. The lowest BCUT2D eigenvalue weighted by atomic mass is 9.38. The van der Waals surface area contributed by atoms with Crippen LogP contribution in [0.15, 0.2) is 0 Å². The molecule has 1 saturated heterocycles. The van der Waals surface area contributed by atoms with E-state index < -0.39 is 35.1 Å². The van der Waals surface area contributed by atoms with Gasteiger partial charge in [0.25, 0.3) is 0 Å². The van der Waals surface area contributed by atoms with Crippen molar-refractivity contribution in [3.05, 3.63) is 0 Å². The van der Waals surface area contributed by atoms with E-state index in [1.165, 1.54) is 0 Å². The molecule has 6 heteroatoms. The first-order valence-corrected chi connectivity index (χ1v) is 9.80. The van der Waals surface area contributed by atoms with Gasteiger partial charge in [-0.1, -0.05) is 20.8 Å². The molecule has 3 aliphatic carbocycles. The molecule has 0 spiro atoms. The smallest absolute Gasteiger partial charge is 0.306 e. The summed E-state index contributed by atoms with van der Waals surface area (Å²) < 4.78 is 11.4. The Labute approximate surface area is 154 Å². The normalized spacial score (nSPS) is 56.4. The van der Waals surface area contributed by atoms with Crippen molar-refractivity contribution in [1.82, 2.24) is 0 Å². The second-order valence-corrected chi connectivity index (χ2v) is 9.36. The summed E-state index contributed by atoms with van der Waals surface area (Å²) in [5.74, 6) is -0.807. The van der Waals surface area contributed by atoms with E-state index in [1.807, 2.05) is 13.8 Å². The van der Waals surface area contributed by atoms with Crippen LogP contribution < -0.4 is 0 Å². The van der Waals surface area contributed by atoms with Crippen LogP contribution in [-0.2, 0) is 19.1 Å². The molecule has 0 radical (unpaired) electrons. The van der Waals surface area contributed by atoms with Gasteiger partial charge in [-0.2, -0.15) is 0 Å². The van der Waals surface area contributed by atoms with Gasteiger partial charge in [-0.05, 0) is 37.0 Å². The number of ketones is 1. The Hall–Kier alpha value is -0.980. The van der Waals surface area contributed by atoms with Crippen molar-refractivity contribution >= 4 is 11.8 Å². The highest BCUT2D eigenvalue weighted by Crippen LogP contribution is 2.67. The van der Waals surface area contributed by atoms with E-state index in [0.717, 1.165) is 0 Å². The van der Waals surface area contributed by atoms with E-state index in [4.69, 9.17) is 9.47 Å². The maximum atomic E-state index is 13.2. The third-order valence-corrected chi connectivity index (χ3v) is 8.54. The Morgan fingerprint density at radius 3 is 2.54 bits per heavy atom. The minimum atomic E-state index is -0.978. The van der Waals surface area contributed by atoms with Gasteiger partial charge in [0.15, 0.2) is 5.78 Å². The number of aliphatic hydroxyl groups excluding tert-OH is 2. The Balaban J connectivity index is 1.89. The Morgan fingerprint density at radius 2 is 1.88 bits per heavy atom. The molecule has 0 bridgehead atoms. The molecule has 10 atom stereocenters. The van der Waals surface area contributed by atoms with Gasteiger partial charge >= 0.3 is 5.97 Å². The average molecular weight is 366 g/mol. The largest absolute Gasteiger partial charge is 0.462 e. The molecular formula is C20H30O6. The zero-order valence-electron chi connectivity index (χ0n) is 16.0. The van der Waals surface area contributed by atoms with Crippen LogP contribution in [0.4, 0.5) is 0 Å². The van der Waals surface area contributed by atoms with E-state index in [-0.39, 0.29) is 42.0 Å². The lowest BCUT2D eigenvalue weighted by Gasteiger charge is -2.68. The summed E-state index contributed by atoms with van der Waals surface area (Å²) in [6.07, 6.45) is -0.495. The maximum absolute atomic E-state index is 13.2. The Bertz CT molecular complexity index is 634. The van der Waals surface area contributed by atoms with Crippen LogP contribution in [0, 0.1) is 34.5 Å². The zero-order valence-corrected chi connectivity index (χ0v) is 16.0. The second kappa shape index (κ2) is 5.76. The molecule has 4 fully saturated rings. The zero-order chi connectivity index (χ0) is 19.0. The van der Waals surface area contributed by atoms with Crippen molar-refractivity contribution in [1.29, 1.82) is 0 Å². The van der Waals surface area contributed by atoms with Crippen LogP contribution in [0.1, 0.15) is 46.5 Å². The predicted molar refractivity (Wildman–Crippen MR) is 92.0 cm³/mol. The molecule has 146 valence electrons. The summed E-state index contributed by atoms with van der Waals surface area (Å²) in [7, 11) is 1.58. The topological polar surface area (TPSA) is 93.1 Å². The van der Waals surface area contributed by atoms with Gasteiger partial charge in [0.05, 0.1) is 12.2 Å². The minimum Gasteiger partial charge on any atom is -0.462 e. The number of ether oxygens (including phenoxy) is 2. The third kappa shape index (κ3) is 2.04. The molecule has 1 heterocycles. The van der Waals surface area contributed by atoms with E-state index in [9.17, 15) is 19.8 Å². The third-order valence-electron chi connectivity index (χ3n) is 8.54. The number of carbonyl (C=O) groups is 2. The van der Waals surface area contributed by atoms with Gasteiger partial charge in [0, 0.05) is 30.3 Å².